The maximum atomic E-state index is 12.3. The smallest absolute Gasteiger partial charge is 0.260 e. The zero-order valence-electron chi connectivity index (χ0n) is 12.1. The Kier molecular flexibility index (Phi) is 3.43. The molecule has 0 saturated carbocycles. The lowest BCUT2D eigenvalue weighted by Crippen LogP contribution is -2.12. The van der Waals surface area contributed by atoms with E-state index in [0.717, 1.165) is 24.0 Å². The average molecular weight is 283 g/mol. The van der Waals surface area contributed by atoms with Crippen LogP contribution in [0.4, 0.5) is 5.82 Å². The van der Waals surface area contributed by atoms with Crippen molar-refractivity contribution < 1.29 is 4.79 Å². The van der Waals surface area contributed by atoms with Crippen LogP contribution in [-0.4, -0.2) is 25.7 Å². The van der Waals surface area contributed by atoms with Gasteiger partial charge in [-0.15, -0.1) is 0 Å². The van der Waals surface area contributed by atoms with E-state index < -0.39 is 0 Å². The number of nitrogens with zero attached hydrogens (tertiary/aromatic N) is 3. The molecule has 6 heteroatoms. The number of anilines is 1. The minimum absolute atomic E-state index is 0.209. The molecular formula is C15H17N5O. The Hall–Kier alpha value is -2.63. The van der Waals surface area contributed by atoms with Gasteiger partial charge in [0.15, 0.2) is 5.82 Å². The summed E-state index contributed by atoms with van der Waals surface area (Å²) in [6, 6.07) is 3.76. The second kappa shape index (κ2) is 5.40. The first-order chi connectivity index (χ1) is 10.2. The minimum atomic E-state index is -0.209. The summed E-state index contributed by atoms with van der Waals surface area (Å²) in [6.45, 7) is 4.89. The predicted molar refractivity (Wildman–Crippen MR) is 81.3 cm³/mol. The molecule has 0 unspecified atom stereocenters. The van der Waals surface area contributed by atoms with Crippen LogP contribution < -0.4 is 5.32 Å². The van der Waals surface area contributed by atoms with Crippen molar-refractivity contribution in [2.45, 2.75) is 26.8 Å². The number of fused-ring (bicyclic) bond motifs is 1. The van der Waals surface area contributed by atoms with E-state index in [4.69, 9.17) is 0 Å². The molecule has 3 rings (SSSR count). The van der Waals surface area contributed by atoms with Gasteiger partial charge in [0, 0.05) is 31.2 Å². The highest BCUT2D eigenvalue weighted by molar-refractivity contribution is 6.11. The zero-order valence-corrected chi connectivity index (χ0v) is 12.1. The van der Waals surface area contributed by atoms with E-state index in [1.54, 1.807) is 18.5 Å². The van der Waals surface area contributed by atoms with E-state index in [1.165, 1.54) is 0 Å². The van der Waals surface area contributed by atoms with Crippen LogP contribution in [0.1, 0.15) is 29.3 Å². The third-order valence-corrected chi connectivity index (χ3v) is 3.23. The Labute approximate surface area is 122 Å². The van der Waals surface area contributed by atoms with Gasteiger partial charge in [0.1, 0.15) is 5.52 Å². The van der Waals surface area contributed by atoms with Gasteiger partial charge in [-0.2, -0.15) is 5.10 Å². The molecule has 0 saturated heterocycles. The normalized spacial score (nSPS) is 11.0. The van der Waals surface area contributed by atoms with Gasteiger partial charge < -0.3 is 10.3 Å². The number of hydrogen-bond donors (Lipinski definition) is 2. The highest BCUT2D eigenvalue weighted by atomic mass is 16.1. The summed E-state index contributed by atoms with van der Waals surface area (Å²) >= 11 is 0. The van der Waals surface area contributed by atoms with Gasteiger partial charge in [-0.25, -0.2) is 0 Å². The van der Waals surface area contributed by atoms with Crippen LogP contribution in [0.25, 0.3) is 11.0 Å². The molecule has 6 nitrogen and oxygen atoms in total. The summed E-state index contributed by atoms with van der Waals surface area (Å²) in [5, 5.41) is 7.10. The van der Waals surface area contributed by atoms with Crippen molar-refractivity contribution in [1.29, 1.82) is 0 Å². The first-order valence-corrected chi connectivity index (χ1v) is 6.96. The van der Waals surface area contributed by atoms with E-state index >= 15 is 0 Å². The Balaban J connectivity index is 1.83. The minimum Gasteiger partial charge on any atom is -0.359 e. The number of pyridine rings is 1. The number of hydrogen-bond acceptors (Lipinski definition) is 3. The summed E-state index contributed by atoms with van der Waals surface area (Å²) in [5.74, 6) is 0.342. The fourth-order valence-corrected chi connectivity index (χ4v) is 2.25. The molecule has 1 amide bonds. The Morgan fingerprint density at radius 1 is 1.48 bits per heavy atom. The molecule has 3 aromatic heterocycles. The second-order valence-electron chi connectivity index (χ2n) is 5.03. The fraction of sp³-hybridized carbons (Fsp3) is 0.267. The van der Waals surface area contributed by atoms with Crippen LogP contribution in [0.2, 0.25) is 0 Å². The largest absolute Gasteiger partial charge is 0.359 e. The van der Waals surface area contributed by atoms with Crippen molar-refractivity contribution >= 4 is 22.8 Å². The quantitative estimate of drug-likeness (QED) is 0.773. The predicted octanol–water partition coefficient (Wildman–Crippen LogP) is 2.73. The number of nitrogens with one attached hydrogen (secondary N) is 2. The van der Waals surface area contributed by atoms with Crippen molar-refractivity contribution in [3.05, 3.63) is 41.9 Å². The number of aryl methyl sites for hydroxylation is 2. The Morgan fingerprint density at radius 2 is 2.33 bits per heavy atom. The van der Waals surface area contributed by atoms with Crippen molar-refractivity contribution in [1.82, 2.24) is 19.7 Å². The van der Waals surface area contributed by atoms with Gasteiger partial charge in [-0.05, 0) is 25.0 Å². The number of H-pyrrole nitrogens is 1. The third kappa shape index (κ3) is 2.65. The number of aromatic amines is 1. The standard InChI is InChI=1S/C15H17N5O/c1-3-5-20-6-4-13(19-20)18-15(21)11-9-16-12-7-10(2)8-17-14(11)12/h4,6-9,16H,3,5H2,1-2H3,(H,18,19,21). The molecule has 0 radical (unpaired) electrons. The molecule has 0 atom stereocenters. The van der Waals surface area contributed by atoms with Crippen LogP contribution in [0.5, 0.6) is 0 Å². The van der Waals surface area contributed by atoms with Crippen LogP contribution in [-0.2, 0) is 6.54 Å². The molecule has 2 N–H and O–H groups in total. The van der Waals surface area contributed by atoms with Gasteiger partial charge in [0.25, 0.3) is 5.91 Å². The van der Waals surface area contributed by atoms with Gasteiger partial charge >= 0.3 is 0 Å². The van der Waals surface area contributed by atoms with Crippen LogP contribution in [0.3, 0.4) is 0 Å². The monoisotopic (exact) mass is 283 g/mol. The molecule has 21 heavy (non-hydrogen) atoms. The fourth-order valence-electron chi connectivity index (χ4n) is 2.25. The van der Waals surface area contributed by atoms with Crippen LogP contribution in [0, 0.1) is 6.92 Å². The molecule has 0 aliphatic rings. The number of carbonyl (C=O) groups excluding carboxylic acids is 1. The van der Waals surface area contributed by atoms with Gasteiger partial charge in [0.05, 0.1) is 11.1 Å². The molecule has 0 fully saturated rings. The SMILES string of the molecule is CCCn1ccc(NC(=O)c2c[nH]c3cc(C)cnc23)n1. The number of aromatic nitrogens is 4. The number of amides is 1. The maximum Gasteiger partial charge on any atom is 0.260 e. The molecule has 0 aliphatic heterocycles. The summed E-state index contributed by atoms with van der Waals surface area (Å²) in [4.78, 5) is 19.7. The summed E-state index contributed by atoms with van der Waals surface area (Å²) < 4.78 is 1.81. The first-order valence-electron chi connectivity index (χ1n) is 6.96. The lowest BCUT2D eigenvalue weighted by Gasteiger charge is -2.01. The van der Waals surface area contributed by atoms with Crippen molar-refractivity contribution in [3.63, 3.8) is 0 Å². The molecule has 0 aliphatic carbocycles. The average Bonchev–Trinajstić information content (AvgIpc) is 3.05. The van der Waals surface area contributed by atoms with E-state index in [9.17, 15) is 4.79 Å². The van der Waals surface area contributed by atoms with Gasteiger partial charge in [-0.3, -0.25) is 14.5 Å². The molecule has 3 heterocycles. The maximum absolute atomic E-state index is 12.3. The van der Waals surface area contributed by atoms with Gasteiger partial charge in [-0.1, -0.05) is 6.92 Å². The second-order valence-corrected chi connectivity index (χ2v) is 5.03. The van der Waals surface area contributed by atoms with Gasteiger partial charge in [0.2, 0.25) is 0 Å². The molecule has 3 aromatic rings. The molecule has 0 bridgehead atoms. The van der Waals surface area contributed by atoms with Crippen molar-refractivity contribution in [2.24, 2.45) is 0 Å². The topological polar surface area (TPSA) is 75.6 Å². The van der Waals surface area contributed by atoms with E-state index in [1.807, 2.05) is 23.9 Å². The summed E-state index contributed by atoms with van der Waals surface area (Å²) in [7, 11) is 0. The van der Waals surface area contributed by atoms with E-state index in [-0.39, 0.29) is 5.91 Å². The third-order valence-electron chi connectivity index (χ3n) is 3.23. The molecule has 108 valence electrons. The van der Waals surface area contributed by atoms with E-state index in [2.05, 4.69) is 27.3 Å². The summed E-state index contributed by atoms with van der Waals surface area (Å²) in [6.07, 6.45) is 6.29. The molecule has 0 aromatic carbocycles. The van der Waals surface area contributed by atoms with Crippen molar-refractivity contribution in [3.8, 4) is 0 Å². The number of carbonyl (C=O) groups is 1. The highest BCUT2D eigenvalue weighted by Gasteiger charge is 2.14. The van der Waals surface area contributed by atoms with E-state index in [0.29, 0.717) is 16.9 Å². The Bertz CT molecular complexity index is 786. The van der Waals surface area contributed by atoms with Crippen LogP contribution in [0.15, 0.2) is 30.7 Å². The molecule has 0 spiro atoms. The zero-order chi connectivity index (χ0) is 14.8. The lowest BCUT2D eigenvalue weighted by atomic mass is 10.2. The van der Waals surface area contributed by atoms with Crippen molar-refractivity contribution in [2.75, 3.05) is 5.32 Å². The Morgan fingerprint density at radius 3 is 3.14 bits per heavy atom. The first kappa shape index (κ1) is 13.4. The lowest BCUT2D eigenvalue weighted by molar-refractivity contribution is 0.102. The summed E-state index contributed by atoms with van der Waals surface area (Å²) in [5.41, 5.74) is 3.10. The van der Waals surface area contributed by atoms with Crippen LogP contribution >= 0.6 is 0 Å². The number of rotatable bonds is 4. The molecular weight excluding hydrogens is 266 g/mol. The highest BCUT2D eigenvalue weighted by Crippen LogP contribution is 2.18.